The number of hydrogen-bond acceptors (Lipinski definition) is 5. The first-order chi connectivity index (χ1) is 11.6. The minimum Gasteiger partial charge on any atom is -0.348 e. The fourth-order valence-electron chi connectivity index (χ4n) is 4.83. The first-order valence-electron chi connectivity index (χ1n) is 9.01. The van der Waals surface area contributed by atoms with E-state index in [0.717, 1.165) is 30.2 Å². The third-order valence-electron chi connectivity index (χ3n) is 5.98. The van der Waals surface area contributed by atoms with Gasteiger partial charge in [0, 0.05) is 25.7 Å². The van der Waals surface area contributed by atoms with Gasteiger partial charge < -0.3 is 10.6 Å². The summed E-state index contributed by atoms with van der Waals surface area (Å²) in [4.78, 5) is 28.9. The van der Waals surface area contributed by atoms with Crippen molar-refractivity contribution >= 4 is 5.91 Å². The van der Waals surface area contributed by atoms with Gasteiger partial charge in [0.1, 0.15) is 0 Å². The third-order valence-corrected chi connectivity index (χ3v) is 5.98. The number of piperidine rings is 3. The first-order valence-corrected chi connectivity index (χ1v) is 9.01. The molecule has 1 aromatic heterocycles. The van der Waals surface area contributed by atoms with E-state index in [1.165, 1.54) is 32.7 Å². The lowest BCUT2D eigenvalue weighted by Crippen LogP contribution is -2.65. The molecule has 24 heavy (non-hydrogen) atoms. The van der Waals surface area contributed by atoms with E-state index < -0.39 is 0 Å². The highest BCUT2D eigenvalue weighted by Gasteiger charge is 2.45. The monoisotopic (exact) mass is 334 g/mol. The number of aryl methyl sites for hydroxylation is 1. The summed E-state index contributed by atoms with van der Waals surface area (Å²) in [5, 5.41) is 10.5. The Balaban J connectivity index is 1.45. The molecule has 3 fully saturated rings. The van der Waals surface area contributed by atoms with Crippen molar-refractivity contribution in [3.63, 3.8) is 0 Å². The average Bonchev–Trinajstić information content (AvgIpc) is 2.94. The summed E-state index contributed by atoms with van der Waals surface area (Å²) in [6.07, 6.45) is 5.10. The van der Waals surface area contributed by atoms with E-state index in [1.54, 1.807) is 0 Å². The zero-order valence-electron chi connectivity index (χ0n) is 14.1. The lowest BCUT2D eigenvalue weighted by Gasteiger charge is -2.55. The van der Waals surface area contributed by atoms with Gasteiger partial charge in [-0.15, -0.1) is 5.10 Å². The number of rotatable bonds is 3. The van der Waals surface area contributed by atoms with Gasteiger partial charge in [-0.05, 0) is 50.7 Å². The van der Waals surface area contributed by atoms with Crippen molar-refractivity contribution in [2.24, 2.45) is 18.9 Å². The number of nitrogens with zero attached hydrogens (tertiary/aromatic N) is 3. The summed E-state index contributed by atoms with van der Waals surface area (Å²) in [6.45, 7) is 3.91. The van der Waals surface area contributed by atoms with E-state index in [9.17, 15) is 9.59 Å². The molecule has 4 rings (SSSR count). The zero-order chi connectivity index (χ0) is 16.7. The Hall–Kier alpha value is -1.67. The highest BCUT2D eigenvalue weighted by molar-refractivity contribution is 5.90. The zero-order valence-corrected chi connectivity index (χ0v) is 14.1. The Morgan fingerprint density at radius 3 is 2.96 bits per heavy atom. The number of nitrogens with one attached hydrogen (secondary N) is 3. The molecule has 3 aliphatic heterocycles. The van der Waals surface area contributed by atoms with Gasteiger partial charge in [0.05, 0.1) is 0 Å². The molecule has 4 heterocycles. The maximum absolute atomic E-state index is 12.3. The van der Waals surface area contributed by atoms with Gasteiger partial charge in [-0.3, -0.25) is 14.7 Å². The van der Waals surface area contributed by atoms with Crippen molar-refractivity contribution < 1.29 is 4.79 Å². The topological polar surface area (TPSA) is 95.1 Å². The van der Waals surface area contributed by atoms with E-state index in [2.05, 4.69) is 25.6 Å². The molecule has 132 valence electrons. The molecule has 4 atom stereocenters. The molecule has 2 bridgehead atoms. The summed E-state index contributed by atoms with van der Waals surface area (Å²) in [6, 6.07) is 1.03. The van der Waals surface area contributed by atoms with Gasteiger partial charge in [-0.1, -0.05) is 6.42 Å². The second kappa shape index (κ2) is 6.33. The summed E-state index contributed by atoms with van der Waals surface area (Å²) in [5.74, 6) is 1.13. The lowest BCUT2D eigenvalue weighted by atomic mass is 9.73. The number of aromatic amines is 1. The van der Waals surface area contributed by atoms with E-state index in [0.29, 0.717) is 24.5 Å². The lowest BCUT2D eigenvalue weighted by molar-refractivity contribution is -0.0371. The molecule has 8 nitrogen and oxygen atoms in total. The summed E-state index contributed by atoms with van der Waals surface area (Å²) < 4.78 is 1.14. The van der Waals surface area contributed by atoms with Crippen molar-refractivity contribution in [1.29, 1.82) is 0 Å². The van der Waals surface area contributed by atoms with Crippen LogP contribution in [0.15, 0.2) is 4.79 Å². The molecule has 1 amide bonds. The fraction of sp³-hybridized carbons (Fsp3) is 0.812. The fourth-order valence-corrected chi connectivity index (χ4v) is 4.83. The molecule has 0 radical (unpaired) electrons. The van der Waals surface area contributed by atoms with Crippen molar-refractivity contribution in [1.82, 2.24) is 30.3 Å². The van der Waals surface area contributed by atoms with Crippen LogP contribution in [0.3, 0.4) is 0 Å². The standard InChI is InChI=1S/C16H26N6O2/c1-21-16(24)19-14(20-21)15(23)18-9-13-11-6-10(7-17-8-11)12-4-2-3-5-22(12)13/h10-13,17H,2-9H2,1H3,(H,18,23)(H,19,20,24)/t10-,11+,12+,13+/m1/s1. The molecule has 3 N–H and O–H groups in total. The number of amides is 1. The van der Waals surface area contributed by atoms with Crippen molar-refractivity contribution in [2.75, 3.05) is 26.2 Å². The van der Waals surface area contributed by atoms with Crippen molar-refractivity contribution in [3.8, 4) is 0 Å². The summed E-state index contributed by atoms with van der Waals surface area (Å²) in [5.41, 5.74) is -0.367. The summed E-state index contributed by atoms with van der Waals surface area (Å²) >= 11 is 0. The second-order valence-electron chi connectivity index (χ2n) is 7.39. The van der Waals surface area contributed by atoms with Crippen LogP contribution < -0.4 is 16.3 Å². The van der Waals surface area contributed by atoms with Crippen LogP contribution in [0, 0.1) is 11.8 Å². The Morgan fingerprint density at radius 1 is 1.33 bits per heavy atom. The van der Waals surface area contributed by atoms with Crippen LogP contribution in [0.25, 0.3) is 0 Å². The normalized spacial score (nSPS) is 33.0. The maximum Gasteiger partial charge on any atom is 0.343 e. The van der Waals surface area contributed by atoms with Gasteiger partial charge in [-0.2, -0.15) is 0 Å². The molecule has 0 spiro atoms. The molecule has 8 heteroatoms. The highest BCUT2D eigenvalue weighted by atomic mass is 16.2. The SMILES string of the molecule is Cn1nc(C(=O)NC[C@H]2[C@@H]3CNC[C@@H](C3)[C@@H]3CCCCN32)[nH]c1=O. The minimum absolute atomic E-state index is 0.0909. The minimum atomic E-state index is -0.367. The Labute approximate surface area is 141 Å². The van der Waals surface area contributed by atoms with Crippen LogP contribution in [0.4, 0.5) is 0 Å². The first kappa shape index (κ1) is 15.8. The largest absolute Gasteiger partial charge is 0.348 e. The molecule has 3 saturated heterocycles. The Morgan fingerprint density at radius 2 is 2.17 bits per heavy atom. The molecule has 3 aliphatic rings. The summed E-state index contributed by atoms with van der Waals surface area (Å²) in [7, 11) is 1.53. The van der Waals surface area contributed by atoms with Gasteiger partial charge in [0.15, 0.2) is 0 Å². The van der Waals surface area contributed by atoms with Crippen LogP contribution in [0.1, 0.15) is 36.3 Å². The number of aromatic nitrogens is 3. The average molecular weight is 334 g/mol. The third kappa shape index (κ3) is 2.77. The van der Waals surface area contributed by atoms with E-state index in [4.69, 9.17) is 0 Å². The highest BCUT2D eigenvalue weighted by Crippen LogP contribution is 2.38. The van der Waals surface area contributed by atoms with Crippen LogP contribution in [-0.4, -0.2) is 63.8 Å². The number of carbonyl (C=O) groups excluding carboxylic acids is 1. The van der Waals surface area contributed by atoms with Gasteiger partial charge in [0.2, 0.25) is 5.82 Å². The Bertz CT molecular complexity index is 668. The van der Waals surface area contributed by atoms with Crippen molar-refractivity contribution in [3.05, 3.63) is 16.3 Å². The smallest absolute Gasteiger partial charge is 0.343 e. The maximum atomic E-state index is 12.3. The molecular weight excluding hydrogens is 308 g/mol. The molecule has 0 unspecified atom stereocenters. The number of hydrogen-bond donors (Lipinski definition) is 3. The molecule has 0 aromatic carbocycles. The number of carbonyl (C=O) groups is 1. The Kier molecular flexibility index (Phi) is 4.17. The predicted octanol–water partition coefficient (Wildman–Crippen LogP) is -0.699. The van der Waals surface area contributed by atoms with E-state index >= 15 is 0 Å². The predicted molar refractivity (Wildman–Crippen MR) is 88.8 cm³/mol. The van der Waals surface area contributed by atoms with E-state index in [-0.39, 0.29) is 17.4 Å². The molecule has 0 aliphatic carbocycles. The van der Waals surface area contributed by atoms with E-state index in [1.807, 2.05) is 0 Å². The second-order valence-corrected chi connectivity index (χ2v) is 7.39. The molecule has 1 aromatic rings. The van der Waals surface area contributed by atoms with Crippen LogP contribution in [0.5, 0.6) is 0 Å². The van der Waals surface area contributed by atoms with Gasteiger partial charge in [0.25, 0.3) is 5.91 Å². The van der Waals surface area contributed by atoms with Crippen molar-refractivity contribution in [2.45, 2.75) is 37.8 Å². The quantitative estimate of drug-likeness (QED) is 0.679. The van der Waals surface area contributed by atoms with Gasteiger partial charge >= 0.3 is 5.69 Å². The number of fused-ring (bicyclic) bond motifs is 4. The molecular formula is C16H26N6O2. The van der Waals surface area contributed by atoms with Gasteiger partial charge in [-0.25, -0.2) is 9.48 Å². The van der Waals surface area contributed by atoms with Crippen LogP contribution in [0.2, 0.25) is 0 Å². The molecule has 0 saturated carbocycles. The number of H-pyrrole nitrogens is 1. The van der Waals surface area contributed by atoms with Crippen LogP contribution >= 0.6 is 0 Å². The van der Waals surface area contributed by atoms with Crippen LogP contribution in [-0.2, 0) is 7.05 Å².